The predicted molar refractivity (Wildman–Crippen MR) is 84.6 cm³/mol. The summed E-state index contributed by atoms with van der Waals surface area (Å²) in [5, 5.41) is 5.07. The van der Waals surface area contributed by atoms with Gasteiger partial charge in [-0.1, -0.05) is 6.92 Å². The van der Waals surface area contributed by atoms with E-state index >= 15 is 0 Å². The van der Waals surface area contributed by atoms with Gasteiger partial charge in [-0.3, -0.25) is 4.98 Å². The summed E-state index contributed by atoms with van der Waals surface area (Å²) < 4.78 is 26.8. The minimum Gasteiger partial charge on any atom is -0.313 e. The fourth-order valence-electron chi connectivity index (χ4n) is 1.83. The Morgan fingerprint density at radius 3 is 2.67 bits per heavy atom. The molecule has 1 N–H and O–H groups in total. The van der Waals surface area contributed by atoms with Gasteiger partial charge in [0.2, 0.25) is 0 Å². The fourth-order valence-corrected chi connectivity index (χ4v) is 4.41. The summed E-state index contributed by atoms with van der Waals surface area (Å²) in [5.74, 6) is 0. The lowest BCUT2D eigenvalue weighted by Crippen LogP contribution is -2.25. The van der Waals surface area contributed by atoms with Crippen LogP contribution in [0.3, 0.4) is 0 Å². The molecule has 2 aromatic rings. The average molecular weight is 325 g/mol. The third-order valence-corrected chi connectivity index (χ3v) is 6.30. The molecular formula is C14H19N3O2S2. The largest absolute Gasteiger partial charge is 0.313 e. The van der Waals surface area contributed by atoms with E-state index in [0.717, 1.165) is 17.7 Å². The maximum absolute atomic E-state index is 12.5. The second-order valence-electron chi connectivity index (χ2n) is 4.67. The van der Waals surface area contributed by atoms with Crippen molar-refractivity contribution in [3.63, 3.8) is 0 Å². The summed E-state index contributed by atoms with van der Waals surface area (Å²) in [6, 6.07) is 5.37. The molecule has 0 amide bonds. The third kappa shape index (κ3) is 4.10. The lowest BCUT2D eigenvalue weighted by Gasteiger charge is -2.15. The number of hydrogen-bond acceptors (Lipinski definition) is 5. The van der Waals surface area contributed by atoms with Crippen LogP contribution in [0.1, 0.15) is 18.1 Å². The van der Waals surface area contributed by atoms with E-state index in [1.165, 1.54) is 15.6 Å². The van der Waals surface area contributed by atoms with Crippen molar-refractivity contribution < 1.29 is 8.42 Å². The van der Waals surface area contributed by atoms with Crippen LogP contribution in [0.4, 0.5) is 0 Å². The molecule has 0 radical (unpaired) electrons. The average Bonchev–Trinajstić information content (AvgIpc) is 2.95. The first-order chi connectivity index (χ1) is 10.0. The molecule has 2 heterocycles. The van der Waals surface area contributed by atoms with Gasteiger partial charge in [0.1, 0.15) is 4.21 Å². The highest BCUT2D eigenvalue weighted by Crippen LogP contribution is 2.24. The van der Waals surface area contributed by atoms with Crippen LogP contribution < -0.4 is 5.32 Å². The molecule has 0 atom stereocenters. The number of pyridine rings is 1. The molecule has 0 fully saturated rings. The first kappa shape index (κ1) is 16.1. The number of rotatable bonds is 7. The maximum Gasteiger partial charge on any atom is 0.252 e. The van der Waals surface area contributed by atoms with E-state index in [9.17, 15) is 8.42 Å². The lowest BCUT2D eigenvalue weighted by molar-refractivity contribution is 0.468. The van der Waals surface area contributed by atoms with Crippen LogP contribution in [0, 0.1) is 0 Å². The van der Waals surface area contributed by atoms with Crippen molar-refractivity contribution in [2.75, 3.05) is 13.6 Å². The molecule has 2 rings (SSSR count). The smallest absolute Gasteiger partial charge is 0.252 e. The second-order valence-corrected chi connectivity index (χ2v) is 7.85. The molecule has 0 aliphatic carbocycles. The van der Waals surface area contributed by atoms with E-state index in [2.05, 4.69) is 10.3 Å². The van der Waals surface area contributed by atoms with E-state index in [4.69, 9.17) is 0 Å². The number of thiophene rings is 1. The quantitative estimate of drug-likeness (QED) is 0.846. The van der Waals surface area contributed by atoms with E-state index in [0.29, 0.717) is 17.3 Å². The van der Waals surface area contributed by atoms with Crippen LogP contribution >= 0.6 is 11.3 Å². The Balaban J connectivity index is 2.11. The molecular weight excluding hydrogens is 306 g/mol. The van der Waals surface area contributed by atoms with Gasteiger partial charge in [0.05, 0.1) is 0 Å². The summed E-state index contributed by atoms with van der Waals surface area (Å²) in [6.07, 6.45) is 3.32. The first-order valence-corrected chi connectivity index (χ1v) is 8.99. The van der Waals surface area contributed by atoms with Gasteiger partial charge in [0, 0.05) is 32.5 Å². The van der Waals surface area contributed by atoms with Gasteiger partial charge in [0.25, 0.3) is 10.0 Å². The van der Waals surface area contributed by atoms with Crippen molar-refractivity contribution in [2.24, 2.45) is 0 Å². The Hall–Kier alpha value is -1.28. The molecule has 0 unspecified atom stereocenters. The molecule has 7 heteroatoms. The zero-order chi connectivity index (χ0) is 15.3. The first-order valence-electron chi connectivity index (χ1n) is 6.67. The molecule has 0 spiro atoms. The van der Waals surface area contributed by atoms with Gasteiger partial charge < -0.3 is 5.32 Å². The van der Waals surface area contributed by atoms with Crippen LogP contribution in [0.2, 0.25) is 0 Å². The normalized spacial score (nSPS) is 12.0. The van der Waals surface area contributed by atoms with Crippen LogP contribution in [-0.4, -0.2) is 31.3 Å². The molecule has 0 saturated carbocycles. The Morgan fingerprint density at radius 2 is 2.00 bits per heavy atom. The number of nitrogens with zero attached hydrogens (tertiary/aromatic N) is 2. The second kappa shape index (κ2) is 7.13. The zero-order valence-electron chi connectivity index (χ0n) is 12.1. The Labute approximate surface area is 129 Å². The van der Waals surface area contributed by atoms with Crippen molar-refractivity contribution in [1.82, 2.24) is 14.6 Å². The van der Waals surface area contributed by atoms with E-state index in [-0.39, 0.29) is 0 Å². The van der Waals surface area contributed by atoms with E-state index < -0.39 is 10.0 Å². The maximum atomic E-state index is 12.5. The highest BCUT2D eigenvalue weighted by Gasteiger charge is 2.22. The minimum absolute atomic E-state index is 0.339. The molecule has 114 valence electrons. The number of aromatic nitrogens is 1. The summed E-state index contributed by atoms with van der Waals surface area (Å²) in [4.78, 5) is 3.93. The highest BCUT2D eigenvalue weighted by molar-refractivity contribution is 7.91. The van der Waals surface area contributed by atoms with Gasteiger partial charge in [-0.25, -0.2) is 8.42 Å². The van der Waals surface area contributed by atoms with Crippen molar-refractivity contribution >= 4 is 21.4 Å². The van der Waals surface area contributed by atoms with Gasteiger partial charge in [-0.05, 0) is 41.3 Å². The van der Waals surface area contributed by atoms with Gasteiger partial charge in [0.15, 0.2) is 0 Å². The highest BCUT2D eigenvalue weighted by atomic mass is 32.2. The van der Waals surface area contributed by atoms with Gasteiger partial charge in [-0.15, -0.1) is 11.3 Å². The van der Waals surface area contributed by atoms with Crippen molar-refractivity contribution in [3.8, 4) is 0 Å². The van der Waals surface area contributed by atoms with Crippen molar-refractivity contribution in [1.29, 1.82) is 0 Å². The fraction of sp³-hybridized carbons (Fsp3) is 0.357. The summed E-state index contributed by atoms with van der Waals surface area (Å²) in [7, 11) is -1.84. The van der Waals surface area contributed by atoms with Crippen LogP contribution in [0.15, 0.2) is 40.2 Å². The Morgan fingerprint density at radius 1 is 1.29 bits per heavy atom. The van der Waals surface area contributed by atoms with E-state index in [1.54, 1.807) is 25.5 Å². The molecule has 5 nitrogen and oxygen atoms in total. The SMILES string of the molecule is CCNCc1csc(S(=O)(=O)N(C)Cc2ccncc2)c1. The summed E-state index contributed by atoms with van der Waals surface area (Å²) in [6.45, 7) is 3.91. The lowest BCUT2D eigenvalue weighted by atomic mass is 10.3. The Kier molecular flexibility index (Phi) is 5.46. The van der Waals surface area contributed by atoms with Crippen LogP contribution in [0.5, 0.6) is 0 Å². The summed E-state index contributed by atoms with van der Waals surface area (Å²) in [5.41, 5.74) is 1.92. The molecule has 0 bridgehead atoms. The van der Waals surface area contributed by atoms with Crippen LogP contribution in [0.25, 0.3) is 0 Å². The van der Waals surface area contributed by atoms with Crippen molar-refractivity contribution in [3.05, 3.63) is 47.1 Å². The minimum atomic E-state index is -3.44. The molecule has 0 aromatic carbocycles. The predicted octanol–water partition coefficient (Wildman–Crippen LogP) is 2.07. The molecule has 0 aliphatic rings. The number of nitrogens with one attached hydrogen (secondary N) is 1. The standard InChI is InChI=1S/C14H19N3O2S2/c1-3-15-9-13-8-14(20-11-13)21(18,19)17(2)10-12-4-6-16-7-5-12/h4-8,11,15H,3,9-10H2,1-2H3. The number of hydrogen-bond donors (Lipinski definition) is 1. The molecule has 0 saturated heterocycles. The van der Waals surface area contributed by atoms with Gasteiger partial charge >= 0.3 is 0 Å². The monoisotopic (exact) mass is 325 g/mol. The zero-order valence-corrected chi connectivity index (χ0v) is 13.7. The Bertz CT molecular complexity index is 669. The van der Waals surface area contributed by atoms with Gasteiger partial charge in [-0.2, -0.15) is 4.31 Å². The number of sulfonamides is 1. The molecule has 21 heavy (non-hydrogen) atoms. The van der Waals surface area contributed by atoms with Crippen LogP contribution in [-0.2, 0) is 23.1 Å². The topological polar surface area (TPSA) is 62.3 Å². The van der Waals surface area contributed by atoms with Crippen molar-refractivity contribution in [2.45, 2.75) is 24.2 Å². The van der Waals surface area contributed by atoms with E-state index in [1.807, 2.05) is 24.4 Å². The molecule has 0 aliphatic heterocycles. The summed E-state index contributed by atoms with van der Waals surface area (Å²) >= 11 is 1.26. The third-order valence-electron chi connectivity index (χ3n) is 3.03. The molecule has 2 aromatic heterocycles.